The van der Waals surface area contributed by atoms with Gasteiger partial charge in [-0.3, -0.25) is 0 Å². The highest BCUT2D eigenvalue weighted by atomic mass is 32.1. The zero-order chi connectivity index (χ0) is 15.4. The van der Waals surface area contributed by atoms with Crippen molar-refractivity contribution in [1.82, 2.24) is 0 Å². The molecule has 21 heavy (non-hydrogen) atoms. The van der Waals surface area contributed by atoms with Crippen LogP contribution in [-0.2, 0) is 4.74 Å². The lowest BCUT2D eigenvalue weighted by Crippen LogP contribution is -2.13. The molecule has 0 unspecified atom stereocenters. The summed E-state index contributed by atoms with van der Waals surface area (Å²) in [6.45, 7) is 6.19. The van der Waals surface area contributed by atoms with Crippen LogP contribution in [0.1, 0.15) is 31.1 Å². The third kappa shape index (κ3) is 3.55. The van der Waals surface area contributed by atoms with E-state index in [1.54, 1.807) is 0 Å². The average Bonchev–Trinajstić information content (AvgIpc) is 2.81. The van der Waals surface area contributed by atoms with E-state index in [1.807, 2.05) is 50.4 Å². The summed E-state index contributed by atoms with van der Waals surface area (Å²) in [5, 5.41) is 2.35. The monoisotopic (exact) mass is 305 g/mol. The second-order valence-corrected chi connectivity index (χ2v) is 5.71. The van der Waals surface area contributed by atoms with Gasteiger partial charge in [-0.15, -0.1) is 11.3 Å². The first kappa shape index (κ1) is 15.4. The summed E-state index contributed by atoms with van der Waals surface area (Å²) in [6, 6.07) is 7.59. The van der Waals surface area contributed by atoms with E-state index in [-0.39, 0.29) is 12.1 Å². The van der Waals surface area contributed by atoms with Crippen LogP contribution < -0.4 is 10.5 Å². The molecule has 0 saturated carbocycles. The van der Waals surface area contributed by atoms with E-state index in [0.29, 0.717) is 17.2 Å². The summed E-state index contributed by atoms with van der Waals surface area (Å²) in [5.74, 6) is 0.420. The lowest BCUT2D eigenvalue weighted by atomic mass is 10.0. The van der Waals surface area contributed by atoms with Crippen molar-refractivity contribution >= 4 is 22.3 Å². The molecule has 1 heterocycles. The number of thiophene rings is 1. The summed E-state index contributed by atoms with van der Waals surface area (Å²) >= 11 is 1.34. The van der Waals surface area contributed by atoms with Crippen molar-refractivity contribution in [3.8, 4) is 16.9 Å². The first-order valence-electron chi connectivity index (χ1n) is 6.84. The smallest absolute Gasteiger partial charge is 0.342 e. The highest BCUT2D eigenvalue weighted by Crippen LogP contribution is 2.35. The van der Waals surface area contributed by atoms with Gasteiger partial charge in [-0.2, -0.15) is 0 Å². The maximum Gasteiger partial charge on any atom is 0.342 e. The van der Waals surface area contributed by atoms with Gasteiger partial charge in [0.25, 0.3) is 0 Å². The molecule has 0 bridgehead atoms. The van der Waals surface area contributed by atoms with Crippen molar-refractivity contribution in [1.29, 1.82) is 0 Å². The Kier molecular flexibility index (Phi) is 4.85. The normalized spacial score (nSPS) is 10.7. The fraction of sp³-hybridized carbons (Fsp3) is 0.312. The molecule has 0 amide bonds. The number of carbonyl (C=O) groups is 1. The number of ether oxygens (including phenoxy) is 2. The third-order valence-corrected chi connectivity index (χ3v) is 3.65. The summed E-state index contributed by atoms with van der Waals surface area (Å²) in [7, 11) is 0. The Bertz CT molecular complexity index is 617. The third-order valence-electron chi connectivity index (χ3n) is 2.84. The summed E-state index contributed by atoms with van der Waals surface area (Å²) in [6.07, 6.45) is -0.176. The summed E-state index contributed by atoms with van der Waals surface area (Å²) < 4.78 is 10.7. The largest absolute Gasteiger partial charge is 0.494 e. The molecule has 2 rings (SSSR count). The number of rotatable bonds is 5. The number of esters is 1. The number of nitrogens with two attached hydrogens (primary N) is 1. The standard InChI is InChI=1S/C16H19NO3S/c1-4-19-12-7-5-11(6-8-12)13-9-21-15(17)14(13)16(18)20-10(2)3/h5-10H,4,17H2,1-3H3. The number of carbonyl (C=O) groups excluding carboxylic acids is 1. The van der Waals surface area contributed by atoms with Gasteiger partial charge >= 0.3 is 5.97 Å². The fourth-order valence-electron chi connectivity index (χ4n) is 1.97. The molecule has 0 atom stereocenters. The van der Waals surface area contributed by atoms with Crippen LogP contribution in [0.4, 0.5) is 5.00 Å². The van der Waals surface area contributed by atoms with Gasteiger partial charge in [-0.25, -0.2) is 4.79 Å². The van der Waals surface area contributed by atoms with Crippen LogP contribution in [0, 0.1) is 0 Å². The van der Waals surface area contributed by atoms with E-state index in [1.165, 1.54) is 11.3 Å². The van der Waals surface area contributed by atoms with Crippen molar-refractivity contribution in [3.63, 3.8) is 0 Å². The Morgan fingerprint density at radius 3 is 2.52 bits per heavy atom. The molecule has 0 aliphatic carbocycles. The molecular formula is C16H19NO3S. The fourth-order valence-corrected chi connectivity index (χ4v) is 2.78. The molecule has 2 aromatic rings. The van der Waals surface area contributed by atoms with Crippen molar-refractivity contribution in [3.05, 3.63) is 35.2 Å². The molecule has 4 nitrogen and oxygen atoms in total. The molecule has 0 spiro atoms. The highest BCUT2D eigenvalue weighted by molar-refractivity contribution is 7.14. The summed E-state index contributed by atoms with van der Waals surface area (Å²) in [5.41, 5.74) is 8.08. The van der Waals surface area contributed by atoms with Crippen LogP contribution in [0.3, 0.4) is 0 Å². The Morgan fingerprint density at radius 1 is 1.29 bits per heavy atom. The second-order valence-electron chi connectivity index (χ2n) is 4.80. The molecule has 1 aromatic heterocycles. The Morgan fingerprint density at radius 2 is 1.95 bits per heavy atom. The Balaban J connectivity index is 2.34. The van der Waals surface area contributed by atoms with Crippen LogP contribution in [0.25, 0.3) is 11.1 Å². The van der Waals surface area contributed by atoms with Gasteiger partial charge in [-0.1, -0.05) is 12.1 Å². The number of benzene rings is 1. The number of hydrogen-bond acceptors (Lipinski definition) is 5. The van der Waals surface area contributed by atoms with E-state index in [4.69, 9.17) is 15.2 Å². The average molecular weight is 305 g/mol. The van der Waals surface area contributed by atoms with E-state index < -0.39 is 0 Å². The first-order chi connectivity index (χ1) is 10.0. The molecule has 5 heteroatoms. The van der Waals surface area contributed by atoms with Gasteiger partial charge < -0.3 is 15.2 Å². The predicted octanol–water partition coefficient (Wildman–Crippen LogP) is 3.96. The van der Waals surface area contributed by atoms with E-state index >= 15 is 0 Å². The maximum atomic E-state index is 12.2. The van der Waals surface area contributed by atoms with E-state index in [9.17, 15) is 4.79 Å². The number of nitrogen functional groups attached to an aromatic ring is 1. The number of hydrogen-bond donors (Lipinski definition) is 1. The van der Waals surface area contributed by atoms with Crippen LogP contribution in [-0.4, -0.2) is 18.7 Å². The molecule has 112 valence electrons. The van der Waals surface area contributed by atoms with Crippen LogP contribution >= 0.6 is 11.3 Å². The van der Waals surface area contributed by atoms with Crippen molar-refractivity contribution in [2.24, 2.45) is 0 Å². The van der Waals surface area contributed by atoms with Gasteiger partial charge in [-0.05, 0) is 38.5 Å². The van der Waals surface area contributed by atoms with Gasteiger partial charge in [0, 0.05) is 10.9 Å². The molecule has 0 aliphatic rings. The van der Waals surface area contributed by atoms with Gasteiger partial charge in [0.15, 0.2) is 0 Å². The van der Waals surface area contributed by atoms with E-state index in [2.05, 4.69) is 0 Å². The van der Waals surface area contributed by atoms with Crippen LogP contribution in [0.5, 0.6) is 5.75 Å². The highest BCUT2D eigenvalue weighted by Gasteiger charge is 2.20. The predicted molar refractivity (Wildman–Crippen MR) is 85.9 cm³/mol. The Labute approximate surface area is 128 Å². The van der Waals surface area contributed by atoms with Gasteiger partial charge in [0.2, 0.25) is 0 Å². The van der Waals surface area contributed by atoms with Crippen molar-refractivity contribution in [2.45, 2.75) is 26.9 Å². The molecule has 1 aromatic carbocycles. The van der Waals surface area contributed by atoms with Crippen LogP contribution in [0.2, 0.25) is 0 Å². The SMILES string of the molecule is CCOc1ccc(-c2csc(N)c2C(=O)OC(C)C)cc1. The van der Waals surface area contributed by atoms with Crippen LogP contribution in [0.15, 0.2) is 29.6 Å². The minimum atomic E-state index is -0.382. The number of anilines is 1. The Hall–Kier alpha value is -2.01. The molecule has 0 radical (unpaired) electrons. The van der Waals surface area contributed by atoms with E-state index in [0.717, 1.165) is 16.9 Å². The minimum Gasteiger partial charge on any atom is -0.494 e. The lowest BCUT2D eigenvalue weighted by molar-refractivity contribution is 0.0380. The lowest BCUT2D eigenvalue weighted by Gasteiger charge is -2.10. The molecule has 0 saturated heterocycles. The molecular weight excluding hydrogens is 286 g/mol. The van der Waals surface area contributed by atoms with Gasteiger partial charge in [0.1, 0.15) is 16.3 Å². The molecule has 0 aliphatic heterocycles. The van der Waals surface area contributed by atoms with Crippen molar-refractivity contribution in [2.75, 3.05) is 12.3 Å². The zero-order valence-corrected chi connectivity index (χ0v) is 13.2. The van der Waals surface area contributed by atoms with Gasteiger partial charge in [0.05, 0.1) is 12.7 Å². The quantitative estimate of drug-likeness (QED) is 0.849. The molecule has 2 N–H and O–H groups in total. The zero-order valence-electron chi connectivity index (χ0n) is 12.4. The first-order valence-corrected chi connectivity index (χ1v) is 7.72. The van der Waals surface area contributed by atoms with Crippen molar-refractivity contribution < 1.29 is 14.3 Å². The minimum absolute atomic E-state index is 0.176. The summed E-state index contributed by atoms with van der Waals surface area (Å²) in [4.78, 5) is 12.2. The topological polar surface area (TPSA) is 61.5 Å². The molecule has 0 fully saturated rings. The maximum absolute atomic E-state index is 12.2. The second kappa shape index (κ2) is 6.63.